The number of ether oxygens (including phenoxy) is 1. The summed E-state index contributed by atoms with van der Waals surface area (Å²) < 4.78 is 5.92. The third-order valence-corrected chi connectivity index (χ3v) is 7.48. The second kappa shape index (κ2) is 10.4. The van der Waals surface area contributed by atoms with Crippen molar-refractivity contribution >= 4 is 24.0 Å². The molecule has 2 unspecified atom stereocenters. The molecule has 1 saturated carbocycles. The summed E-state index contributed by atoms with van der Waals surface area (Å²) in [6.07, 6.45) is 11.7. The summed E-state index contributed by atoms with van der Waals surface area (Å²) in [6.45, 7) is 0. The standard InChI is InChI=1S/C31H30N7O3/c1-33-19-31(17-18-31)29(39)36(2)21-7-6-8-22(12-11-21)38-28-26(27(32)34-20-35-28)37(30(38)40)23-13-15-25(16-14-23)41-24-9-4-3-5-10-24/h3-16,20-21,28H,17-18,32H2,1-2H3,(H,34,35)/q+1. The molecule has 206 valence electrons. The molecule has 2 heterocycles. The molecular weight excluding hydrogens is 518 g/mol. The molecule has 2 aliphatic carbocycles. The van der Waals surface area contributed by atoms with Gasteiger partial charge in [-0.15, -0.1) is 0 Å². The molecule has 6 rings (SSSR count). The molecule has 2 aliphatic heterocycles. The predicted octanol–water partition coefficient (Wildman–Crippen LogP) is 4.39. The number of amides is 3. The van der Waals surface area contributed by atoms with Gasteiger partial charge in [0.05, 0.1) is 18.1 Å². The van der Waals surface area contributed by atoms with Crippen molar-refractivity contribution in [2.75, 3.05) is 19.0 Å². The number of rotatable bonds is 6. The van der Waals surface area contributed by atoms with Gasteiger partial charge >= 0.3 is 6.03 Å². The highest BCUT2D eigenvalue weighted by Crippen LogP contribution is 2.47. The molecule has 2 atom stereocenters. The van der Waals surface area contributed by atoms with Gasteiger partial charge in [-0.3, -0.25) is 14.6 Å². The number of aliphatic imine (C=N–C) groups is 1. The number of nitrogens with one attached hydrogen (secondary N) is 1. The van der Waals surface area contributed by atoms with E-state index in [1.54, 1.807) is 28.8 Å². The van der Waals surface area contributed by atoms with Crippen molar-refractivity contribution in [2.24, 2.45) is 16.1 Å². The second-order valence-corrected chi connectivity index (χ2v) is 10.2. The lowest BCUT2D eigenvalue weighted by Gasteiger charge is -2.25. The van der Waals surface area contributed by atoms with Crippen molar-refractivity contribution in [2.45, 2.75) is 25.0 Å². The molecule has 0 aromatic heterocycles. The minimum Gasteiger partial charge on any atom is -0.457 e. The second-order valence-electron chi connectivity index (χ2n) is 10.2. The van der Waals surface area contributed by atoms with Crippen LogP contribution in [0.4, 0.5) is 10.5 Å². The van der Waals surface area contributed by atoms with E-state index < -0.39 is 11.6 Å². The summed E-state index contributed by atoms with van der Waals surface area (Å²) >= 11 is 0. The van der Waals surface area contributed by atoms with Gasteiger partial charge in [0.2, 0.25) is 5.91 Å². The van der Waals surface area contributed by atoms with Crippen LogP contribution in [0.5, 0.6) is 11.5 Å². The van der Waals surface area contributed by atoms with E-state index in [1.165, 1.54) is 6.34 Å². The van der Waals surface area contributed by atoms with E-state index in [2.05, 4.69) is 21.2 Å². The Labute approximate surface area is 238 Å². The van der Waals surface area contributed by atoms with Crippen LogP contribution >= 0.6 is 0 Å². The largest absolute Gasteiger partial charge is 0.457 e. The number of fused-ring (bicyclic) bond motifs is 1. The number of allylic oxidation sites excluding steroid dienone is 3. The molecule has 0 radical (unpaired) electrons. The minimum absolute atomic E-state index is 0.0186. The Kier molecular flexibility index (Phi) is 6.55. The van der Waals surface area contributed by atoms with Gasteiger partial charge in [-0.25, -0.2) is 9.79 Å². The fraction of sp³-hybridized carbons (Fsp3) is 0.226. The molecular formula is C31H30N7O3+. The zero-order chi connectivity index (χ0) is 28.6. The number of hydrogen-bond acceptors (Lipinski definition) is 6. The number of nitrogens with zero attached hydrogens (tertiary/aromatic N) is 5. The topological polar surface area (TPSA) is 108 Å². The zero-order valence-electron chi connectivity index (χ0n) is 22.8. The maximum absolute atomic E-state index is 14.0. The van der Waals surface area contributed by atoms with Gasteiger partial charge in [-0.2, -0.15) is 0 Å². The summed E-state index contributed by atoms with van der Waals surface area (Å²) in [5.74, 6) is 1.68. The average molecular weight is 549 g/mol. The fourth-order valence-corrected chi connectivity index (χ4v) is 5.18. The van der Waals surface area contributed by atoms with Crippen LogP contribution in [-0.4, -0.2) is 54.4 Å². The van der Waals surface area contributed by atoms with Crippen LogP contribution in [-0.2, 0) is 4.79 Å². The Balaban J connectivity index is 1.25. The van der Waals surface area contributed by atoms with Crippen LogP contribution in [0.2, 0.25) is 0 Å². The number of nitrogens with two attached hydrogens (primary N) is 1. The molecule has 0 bridgehead atoms. The number of likely N-dealkylation sites (N-methyl/N-ethyl adjacent to an activating group) is 1. The molecule has 2 aromatic rings. The number of benzene rings is 2. The first kappa shape index (κ1) is 26.0. The zero-order valence-corrected chi connectivity index (χ0v) is 22.8. The summed E-state index contributed by atoms with van der Waals surface area (Å²) in [5.41, 5.74) is 7.51. The molecule has 41 heavy (non-hydrogen) atoms. The average Bonchev–Trinajstić information content (AvgIpc) is 3.75. The molecule has 0 spiro atoms. The normalized spacial score (nSPS) is 21.8. The molecule has 4 aliphatic rings. The summed E-state index contributed by atoms with van der Waals surface area (Å²) in [6, 6.07) is 19.1. The molecule has 3 amide bonds. The number of hydrogen-bond donors (Lipinski definition) is 2. The number of anilines is 1. The van der Waals surface area contributed by atoms with Gasteiger partial charge in [-0.1, -0.05) is 41.3 Å². The van der Waals surface area contributed by atoms with Crippen molar-refractivity contribution in [3.63, 3.8) is 0 Å². The SMILES string of the molecule is C[N+]#CC1(C(=O)N(C)C2C=CC=C(N3C(=O)N(c4ccc(Oc5ccccc5)cc4)C4=C(N)NC=NC43)C=C2)CC1. The maximum atomic E-state index is 14.0. The first-order valence-electron chi connectivity index (χ1n) is 13.4. The lowest BCUT2D eigenvalue weighted by Crippen LogP contribution is -2.39. The van der Waals surface area contributed by atoms with Gasteiger partial charge in [0, 0.05) is 12.7 Å². The Hall–Kier alpha value is -5.30. The van der Waals surface area contributed by atoms with Gasteiger partial charge in [0.1, 0.15) is 23.0 Å². The number of urea groups is 1. The lowest BCUT2D eigenvalue weighted by molar-refractivity contribution is -0.134. The molecule has 2 fully saturated rings. The number of carbonyl (C=O) groups is 2. The van der Waals surface area contributed by atoms with E-state index in [1.807, 2.05) is 85.0 Å². The lowest BCUT2D eigenvalue weighted by atomic mass is 10.1. The minimum atomic E-state index is -0.658. The van der Waals surface area contributed by atoms with Crippen molar-refractivity contribution in [1.82, 2.24) is 15.1 Å². The van der Waals surface area contributed by atoms with Gasteiger partial charge in [0.15, 0.2) is 11.6 Å². The smallest absolute Gasteiger partial charge is 0.335 e. The van der Waals surface area contributed by atoms with Crippen molar-refractivity contribution in [3.8, 4) is 17.6 Å². The Morgan fingerprint density at radius 2 is 1.88 bits per heavy atom. The van der Waals surface area contributed by atoms with E-state index in [0.717, 1.165) is 18.6 Å². The maximum Gasteiger partial charge on any atom is 0.335 e. The predicted molar refractivity (Wildman–Crippen MR) is 157 cm³/mol. The Morgan fingerprint density at radius 3 is 2.59 bits per heavy atom. The van der Waals surface area contributed by atoms with Gasteiger partial charge in [0.25, 0.3) is 13.1 Å². The molecule has 1 saturated heterocycles. The summed E-state index contributed by atoms with van der Waals surface area (Å²) in [4.78, 5) is 40.5. The molecule has 10 heteroatoms. The first-order chi connectivity index (χ1) is 19.9. The Morgan fingerprint density at radius 1 is 1.15 bits per heavy atom. The third-order valence-electron chi connectivity index (χ3n) is 7.48. The van der Waals surface area contributed by atoms with Crippen molar-refractivity contribution in [1.29, 1.82) is 0 Å². The highest BCUT2D eigenvalue weighted by molar-refractivity contribution is 6.01. The van der Waals surface area contributed by atoms with Gasteiger partial charge < -0.3 is 20.7 Å². The highest BCUT2D eigenvalue weighted by Gasteiger charge is 2.56. The molecule has 10 nitrogen and oxygen atoms in total. The van der Waals surface area contributed by atoms with E-state index >= 15 is 0 Å². The molecule has 2 aromatic carbocycles. The van der Waals surface area contributed by atoms with Crippen LogP contribution < -0.4 is 20.7 Å². The van der Waals surface area contributed by atoms with Crippen molar-refractivity contribution < 1.29 is 14.3 Å². The van der Waals surface area contributed by atoms with Crippen LogP contribution in [0.25, 0.3) is 4.85 Å². The highest BCUT2D eigenvalue weighted by atomic mass is 16.5. The summed E-state index contributed by atoms with van der Waals surface area (Å²) in [7, 11) is 3.41. The van der Waals surface area contributed by atoms with E-state index in [9.17, 15) is 9.59 Å². The van der Waals surface area contributed by atoms with Crippen LogP contribution in [0, 0.1) is 11.5 Å². The van der Waals surface area contributed by atoms with Crippen LogP contribution in [0.3, 0.4) is 0 Å². The summed E-state index contributed by atoms with van der Waals surface area (Å²) in [5, 5.41) is 2.93. The van der Waals surface area contributed by atoms with Gasteiger partial charge in [-0.05, 0) is 61.4 Å². The van der Waals surface area contributed by atoms with Crippen molar-refractivity contribution in [3.05, 3.63) is 107 Å². The number of para-hydroxylation sites is 1. The third kappa shape index (κ3) is 4.72. The van der Waals surface area contributed by atoms with E-state index in [4.69, 9.17) is 10.5 Å². The van der Waals surface area contributed by atoms with E-state index in [-0.39, 0.29) is 18.0 Å². The van der Waals surface area contributed by atoms with Crippen LogP contribution in [0.15, 0.2) is 107 Å². The van der Waals surface area contributed by atoms with E-state index in [0.29, 0.717) is 28.7 Å². The number of carbonyl (C=O) groups excluding carboxylic acids is 2. The quantitative estimate of drug-likeness (QED) is 0.557. The first-order valence-corrected chi connectivity index (χ1v) is 13.4. The monoisotopic (exact) mass is 548 g/mol. The van der Waals surface area contributed by atoms with Crippen LogP contribution in [0.1, 0.15) is 12.8 Å². The Bertz CT molecular complexity index is 1590. The molecule has 3 N–H and O–H groups in total. The fourth-order valence-electron chi connectivity index (χ4n) is 5.18.